The van der Waals surface area contributed by atoms with Gasteiger partial charge in [-0.1, -0.05) is 39.0 Å². The molecule has 0 heterocycles. The molecule has 2 heteroatoms. The lowest BCUT2D eigenvalue weighted by Crippen LogP contribution is -2.13. The molecule has 2 nitrogen and oxygen atoms in total. The van der Waals surface area contributed by atoms with E-state index in [1.165, 1.54) is 32.1 Å². The molecule has 0 aliphatic heterocycles. The summed E-state index contributed by atoms with van der Waals surface area (Å²) in [4.78, 5) is 10.6. The minimum Gasteiger partial charge on any atom is -0.481 e. The number of carboxylic acids is 1. The summed E-state index contributed by atoms with van der Waals surface area (Å²) >= 11 is 0. The van der Waals surface area contributed by atoms with Crippen molar-refractivity contribution >= 4 is 5.97 Å². The number of carboxylic acid groups (broad SMARTS) is 1. The molecule has 0 radical (unpaired) electrons. The number of hydrogen-bond acceptors (Lipinski definition) is 1. The van der Waals surface area contributed by atoms with Gasteiger partial charge in [-0.15, -0.1) is 0 Å². The average molecular weight is 184 g/mol. The standard InChI is InChI=1S/C11H20O2/c1-9(11(12)13)7-8-10-5-3-2-4-6-10/h9-10H,2-8H2,1H3,(H,12,13). The highest BCUT2D eigenvalue weighted by Gasteiger charge is 2.16. The highest BCUT2D eigenvalue weighted by Crippen LogP contribution is 2.28. The van der Waals surface area contributed by atoms with Gasteiger partial charge in [-0.05, 0) is 18.8 Å². The Hall–Kier alpha value is -0.530. The maximum Gasteiger partial charge on any atom is 0.306 e. The van der Waals surface area contributed by atoms with Gasteiger partial charge in [0, 0.05) is 0 Å². The van der Waals surface area contributed by atoms with E-state index in [0.29, 0.717) is 0 Å². The minimum absolute atomic E-state index is 0.151. The van der Waals surface area contributed by atoms with Gasteiger partial charge in [0.1, 0.15) is 0 Å². The molecule has 1 fully saturated rings. The van der Waals surface area contributed by atoms with Crippen LogP contribution in [0.5, 0.6) is 0 Å². The van der Waals surface area contributed by atoms with E-state index in [9.17, 15) is 4.79 Å². The van der Waals surface area contributed by atoms with E-state index in [1.54, 1.807) is 0 Å². The van der Waals surface area contributed by atoms with E-state index in [2.05, 4.69) is 0 Å². The summed E-state index contributed by atoms with van der Waals surface area (Å²) in [6.45, 7) is 1.81. The molecule has 0 aromatic rings. The molecule has 0 amide bonds. The molecule has 0 bridgehead atoms. The van der Waals surface area contributed by atoms with Crippen molar-refractivity contribution in [2.45, 2.75) is 51.9 Å². The van der Waals surface area contributed by atoms with Crippen LogP contribution in [0, 0.1) is 11.8 Å². The zero-order valence-corrected chi connectivity index (χ0v) is 8.46. The van der Waals surface area contributed by atoms with Crippen molar-refractivity contribution in [3.05, 3.63) is 0 Å². The second-order valence-corrected chi connectivity index (χ2v) is 4.32. The van der Waals surface area contributed by atoms with Crippen LogP contribution in [-0.4, -0.2) is 11.1 Å². The molecule has 1 N–H and O–H groups in total. The quantitative estimate of drug-likeness (QED) is 0.729. The molecule has 1 aliphatic rings. The van der Waals surface area contributed by atoms with Crippen molar-refractivity contribution in [3.63, 3.8) is 0 Å². The van der Waals surface area contributed by atoms with Crippen LogP contribution in [0.3, 0.4) is 0 Å². The molecule has 0 aromatic heterocycles. The Balaban J connectivity index is 2.13. The molecule has 0 spiro atoms. The van der Waals surface area contributed by atoms with Crippen LogP contribution < -0.4 is 0 Å². The summed E-state index contributed by atoms with van der Waals surface area (Å²) in [6, 6.07) is 0. The van der Waals surface area contributed by atoms with Crippen molar-refractivity contribution in [1.29, 1.82) is 0 Å². The van der Waals surface area contributed by atoms with Crippen LogP contribution in [-0.2, 0) is 4.79 Å². The Labute approximate surface area is 80.3 Å². The van der Waals surface area contributed by atoms with E-state index in [0.717, 1.165) is 18.8 Å². The van der Waals surface area contributed by atoms with Crippen molar-refractivity contribution in [3.8, 4) is 0 Å². The second-order valence-electron chi connectivity index (χ2n) is 4.32. The molecule has 1 aliphatic carbocycles. The third-order valence-corrected chi connectivity index (χ3v) is 3.15. The summed E-state index contributed by atoms with van der Waals surface area (Å²) in [5, 5.41) is 8.71. The number of carbonyl (C=O) groups is 1. The van der Waals surface area contributed by atoms with Crippen LogP contribution in [0.15, 0.2) is 0 Å². The molecular weight excluding hydrogens is 164 g/mol. The summed E-state index contributed by atoms with van der Waals surface area (Å²) in [5.41, 5.74) is 0. The SMILES string of the molecule is CC(CCC1CCCCC1)C(=O)O. The molecule has 1 unspecified atom stereocenters. The number of rotatable bonds is 4. The first-order valence-corrected chi connectivity index (χ1v) is 5.43. The van der Waals surface area contributed by atoms with Gasteiger partial charge in [0.15, 0.2) is 0 Å². The smallest absolute Gasteiger partial charge is 0.306 e. The maximum absolute atomic E-state index is 10.6. The lowest BCUT2D eigenvalue weighted by atomic mass is 9.84. The Kier molecular flexibility index (Phi) is 4.26. The summed E-state index contributed by atoms with van der Waals surface area (Å²) in [6.07, 6.45) is 8.72. The van der Waals surface area contributed by atoms with Crippen LogP contribution in [0.2, 0.25) is 0 Å². The van der Waals surface area contributed by atoms with Crippen LogP contribution in [0.1, 0.15) is 51.9 Å². The maximum atomic E-state index is 10.6. The average Bonchev–Trinajstić information content (AvgIpc) is 2.15. The normalized spacial score (nSPS) is 21.3. The molecule has 1 rings (SSSR count). The highest BCUT2D eigenvalue weighted by molar-refractivity contribution is 5.69. The zero-order valence-electron chi connectivity index (χ0n) is 8.46. The first kappa shape index (κ1) is 10.6. The lowest BCUT2D eigenvalue weighted by Gasteiger charge is -2.21. The fraction of sp³-hybridized carbons (Fsp3) is 0.909. The molecule has 0 aromatic carbocycles. The topological polar surface area (TPSA) is 37.3 Å². The van der Waals surface area contributed by atoms with Gasteiger partial charge in [-0.2, -0.15) is 0 Å². The number of aliphatic carboxylic acids is 1. The summed E-state index contributed by atoms with van der Waals surface area (Å²) < 4.78 is 0. The van der Waals surface area contributed by atoms with Gasteiger partial charge in [0.25, 0.3) is 0 Å². The zero-order chi connectivity index (χ0) is 9.68. The van der Waals surface area contributed by atoms with Crippen molar-refractivity contribution in [2.24, 2.45) is 11.8 Å². The van der Waals surface area contributed by atoms with Crippen LogP contribution in [0.4, 0.5) is 0 Å². The van der Waals surface area contributed by atoms with Gasteiger partial charge in [0.05, 0.1) is 5.92 Å². The Morgan fingerprint density at radius 2 is 2.00 bits per heavy atom. The Bertz CT molecular complexity index is 159. The predicted octanol–water partition coefficient (Wildman–Crippen LogP) is 3.07. The third-order valence-electron chi connectivity index (χ3n) is 3.15. The molecule has 13 heavy (non-hydrogen) atoms. The van der Waals surface area contributed by atoms with E-state index < -0.39 is 5.97 Å². The Morgan fingerprint density at radius 3 is 2.54 bits per heavy atom. The van der Waals surface area contributed by atoms with E-state index in [4.69, 9.17) is 5.11 Å². The van der Waals surface area contributed by atoms with Crippen LogP contribution >= 0.6 is 0 Å². The van der Waals surface area contributed by atoms with Gasteiger partial charge >= 0.3 is 5.97 Å². The lowest BCUT2D eigenvalue weighted by molar-refractivity contribution is -0.141. The van der Waals surface area contributed by atoms with Crippen molar-refractivity contribution < 1.29 is 9.90 Å². The fourth-order valence-corrected chi connectivity index (χ4v) is 2.08. The van der Waals surface area contributed by atoms with E-state index >= 15 is 0 Å². The Morgan fingerprint density at radius 1 is 1.38 bits per heavy atom. The van der Waals surface area contributed by atoms with E-state index in [-0.39, 0.29) is 5.92 Å². The monoisotopic (exact) mass is 184 g/mol. The molecule has 76 valence electrons. The molecular formula is C11H20O2. The van der Waals surface area contributed by atoms with Crippen molar-refractivity contribution in [1.82, 2.24) is 0 Å². The molecule has 1 atom stereocenters. The fourth-order valence-electron chi connectivity index (χ4n) is 2.08. The summed E-state index contributed by atoms with van der Waals surface area (Å²) in [5.74, 6) is 0.0216. The highest BCUT2D eigenvalue weighted by atomic mass is 16.4. The first-order chi connectivity index (χ1) is 6.20. The number of hydrogen-bond donors (Lipinski definition) is 1. The largest absolute Gasteiger partial charge is 0.481 e. The van der Waals surface area contributed by atoms with Crippen molar-refractivity contribution in [2.75, 3.05) is 0 Å². The van der Waals surface area contributed by atoms with E-state index in [1.807, 2.05) is 6.92 Å². The van der Waals surface area contributed by atoms with Crippen LogP contribution in [0.25, 0.3) is 0 Å². The molecule has 1 saturated carbocycles. The minimum atomic E-state index is -0.643. The van der Waals surface area contributed by atoms with Gasteiger partial charge in [-0.3, -0.25) is 4.79 Å². The first-order valence-electron chi connectivity index (χ1n) is 5.43. The van der Waals surface area contributed by atoms with Gasteiger partial charge in [-0.25, -0.2) is 0 Å². The third kappa shape index (κ3) is 3.79. The van der Waals surface area contributed by atoms with Gasteiger partial charge < -0.3 is 5.11 Å². The second kappa shape index (κ2) is 5.25. The molecule has 0 saturated heterocycles. The predicted molar refractivity (Wildman–Crippen MR) is 52.6 cm³/mol. The summed E-state index contributed by atoms with van der Waals surface area (Å²) in [7, 11) is 0. The van der Waals surface area contributed by atoms with Gasteiger partial charge in [0.2, 0.25) is 0 Å².